The van der Waals surface area contributed by atoms with Gasteiger partial charge in [0.15, 0.2) is 0 Å². The maximum absolute atomic E-state index is 2.51. The zero-order valence-electron chi connectivity index (χ0n) is 24.6. The van der Waals surface area contributed by atoms with E-state index in [1.54, 1.807) is 5.57 Å². The Morgan fingerprint density at radius 3 is 2.14 bits per heavy atom. The normalized spacial score (nSPS) is 14.1. The topological polar surface area (TPSA) is 0 Å². The predicted octanol–water partition coefficient (Wildman–Crippen LogP) is 4.90. The minimum atomic E-state index is 0. The average Bonchev–Trinajstić information content (AvgIpc) is 3.56. The van der Waals surface area contributed by atoms with E-state index >= 15 is 0 Å². The minimum Gasteiger partial charge on any atom is -1.00 e. The van der Waals surface area contributed by atoms with Gasteiger partial charge in [0.2, 0.25) is 0 Å². The van der Waals surface area contributed by atoms with Crippen LogP contribution in [0.15, 0.2) is 115 Å². The largest absolute Gasteiger partial charge is 3.00 e. The SMILES string of the molecule is CCC(C)C1=Cc2c(-c3ccc4ccccc4c3)cccc2C1c1cccc2c1[cH-]c1ccccc12.C[Si]C.[Cl-].[Cl-].[Zr+3]. The first kappa shape index (κ1) is 34.1. The molecule has 3 radical (unpaired) electrons. The number of benzene rings is 5. The van der Waals surface area contributed by atoms with Crippen LogP contribution in [0.5, 0.6) is 0 Å². The summed E-state index contributed by atoms with van der Waals surface area (Å²) in [5.74, 6) is 0.808. The first-order chi connectivity index (χ1) is 19.1. The van der Waals surface area contributed by atoms with Crippen LogP contribution in [0.3, 0.4) is 0 Å². The minimum absolute atomic E-state index is 0. The first-order valence-electron chi connectivity index (χ1n) is 14.1. The van der Waals surface area contributed by atoms with Gasteiger partial charge in [0.25, 0.3) is 0 Å². The van der Waals surface area contributed by atoms with Gasteiger partial charge in [-0.05, 0) is 51.4 Å². The number of hydrogen-bond donors (Lipinski definition) is 0. The summed E-state index contributed by atoms with van der Waals surface area (Å²) in [6.45, 7) is 9.01. The van der Waals surface area contributed by atoms with E-state index in [0.29, 0.717) is 5.92 Å². The second-order valence-corrected chi connectivity index (χ2v) is 11.8. The molecule has 0 fully saturated rings. The summed E-state index contributed by atoms with van der Waals surface area (Å²) < 4.78 is 0. The fourth-order valence-corrected chi connectivity index (χ4v) is 6.30. The maximum Gasteiger partial charge on any atom is 3.00 e. The molecule has 4 heteroatoms. The van der Waals surface area contributed by atoms with E-state index in [2.05, 4.69) is 142 Å². The first-order valence-corrected chi connectivity index (χ1v) is 16.1. The molecule has 0 spiro atoms. The van der Waals surface area contributed by atoms with Crippen molar-refractivity contribution in [2.24, 2.45) is 5.92 Å². The molecular formula is C38H35Cl2SiZr. The fraction of sp³-hybridized carbons (Fsp3) is 0.184. The molecule has 1 aliphatic rings. The Morgan fingerprint density at radius 1 is 0.738 bits per heavy atom. The quantitative estimate of drug-likeness (QED) is 0.184. The number of halogens is 2. The molecule has 0 bridgehead atoms. The van der Waals surface area contributed by atoms with Gasteiger partial charge in [0.05, 0.1) is 0 Å². The van der Waals surface area contributed by atoms with Gasteiger partial charge in [-0.15, -0.1) is 33.7 Å². The van der Waals surface area contributed by atoms with E-state index in [-0.39, 0.29) is 56.9 Å². The van der Waals surface area contributed by atoms with Crippen molar-refractivity contribution < 1.29 is 51.0 Å². The third kappa shape index (κ3) is 6.15. The zero-order chi connectivity index (χ0) is 26.9. The molecule has 0 heterocycles. The van der Waals surface area contributed by atoms with Crippen LogP contribution >= 0.6 is 0 Å². The Bertz CT molecular complexity index is 1830. The molecule has 0 aromatic heterocycles. The summed E-state index contributed by atoms with van der Waals surface area (Å²) in [7, 11) is 1.08. The van der Waals surface area contributed by atoms with Crippen molar-refractivity contribution in [3.8, 4) is 11.1 Å². The van der Waals surface area contributed by atoms with Crippen LogP contribution < -0.4 is 24.8 Å². The number of rotatable bonds is 4. The molecule has 0 amide bonds. The van der Waals surface area contributed by atoms with Gasteiger partial charge in [-0.2, -0.15) is 0 Å². The molecule has 0 nitrogen and oxygen atoms in total. The van der Waals surface area contributed by atoms with Crippen LogP contribution in [0.25, 0.3) is 49.5 Å². The third-order valence-electron chi connectivity index (χ3n) is 8.34. The molecule has 42 heavy (non-hydrogen) atoms. The van der Waals surface area contributed by atoms with Crippen molar-refractivity contribution in [1.29, 1.82) is 0 Å². The molecule has 0 saturated heterocycles. The van der Waals surface area contributed by atoms with Crippen molar-refractivity contribution in [3.63, 3.8) is 0 Å². The van der Waals surface area contributed by atoms with Gasteiger partial charge in [0.1, 0.15) is 0 Å². The molecule has 6 aromatic rings. The monoisotopic (exact) mass is 679 g/mol. The van der Waals surface area contributed by atoms with E-state index in [0.717, 1.165) is 15.9 Å². The molecule has 6 aromatic carbocycles. The van der Waals surface area contributed by atoms with E-state index in [9.17, 15) is 0 Å². The van der Waals surface area contributed by atoms with Crippen molar-refractivity contribution in [3.05, 3.63) is 131 Å². The Kier molecular flexibility index (Phi) is 12.1. The van der Waals surface area contributed by atoms with Crippen molar-refractivity contribution in [1.82, 2.24) is 0 Å². The zero-order valence-corrected chi connectivity index (χ0v) is 29.6. The van der Waals surface area contributed by atoms with E-state index in [4.69, 9.17) is 0 Å². The molecule has 1 aliphatic carbocycles. The van der Waals surface area contributed by atoms with Gasteiger partial charge < -0.3 is 24.8 Å². The van der Waals surface area contributed by atoms with Crippen molar-refractivity contribution in [2.75, 3.05) is 0 Å². The van der Waals surface area contributed by atoms with Crippen LogP contribution in [0.4, 0.5) is 0 Å². The summed E-state index contributed by atoms with van der Waals surface area (Å²) in [4.78, 5) is 0. The van der Waals surface area contributed by atoms with Crippen LogP contribution in [-0.2, 0) is 26.2 Å². The average molecular weight is 682 g/mol. The molecule has 2 atom stereocenters. The molecular weight excluding hydrogens is 647 g/mol. The summed E-state index contributed by atoms with van der Waals surface area (Å²) in [5, 5.41) is 8.02. The standard InChI is InChI=1S/C36H29.C2H6Si.2ClH.Zr/c1-3-23(2)33-22-35-29(27-19-18-24-10-4-5-11-25(24)20-27)14-8-16-32(35)36(33)31-17-9-15-30-28-13-7-6-12-26(28)21-34(30)31;1-3-2;;;/h4-23,36H,3H2,1-2H3;1-2H3;2*1H;/q-1;;;;+3/p-2. The number of allylic oxidation sites excluding steroid dienone is 1. The summed E-state index contributed by atoms with van der Waals surface area (Å²) >= 11 is 0. The third-order valence-corrected chi connectivity index (χ3v) is 8.34. The van der Waals surface area contributed by atoms with Crippen LogP contribution in [0, 0.1) is 5.92 Å². The van der Waals surface area contributed by atoms with Gasteiger partial charge >= 0.3 is 26.2 Å². The molecule has 2 unspecified atom stereocenters. The van der Waals surface area contributed by atoms with Gasteiger partial charge in [0, 0.05) is 15.4 Å². The van der Waals surface area contributed by atoms with E-state index < -0.39 is 0 Å². The number of hydrogen-bond acceptors (Lipinski definition) is 0. The maximum atomic E-state index is 2.51. The fourth-order valence-electron chi connectivity index (χ4n) is 6.30. The van der Waals surface area contributed by atoms with Gasteiger partial charge in [-0.25, -0.2) is 0 Å². The van der Waals surface area contributed by atoms with Crippen LogP contribution in [0.2, 0.25) is 13.1 Å². The Hall–Kier alpha value is -2.35. The summed E-state index contributed by atoms with van der Waals surface area (Å²) in [6, 6.07) is 40.5. The Morgan fingerprint density at radius 2 is 1.38 bits per heavy atom. The Labute approximate surface area is 284 Å². The smallest absolute Gasteiger partial charge is 1.00 e. The van der Waals surface area contributed by atoms with Gasteiger partial charge in [-0.1, -0.05) is 135 Å². The van der Waals surface area contributed by atoms with Crippen LogP contribution in [0.1, 0.15) is 42.9 Å². The summed E-state index contributed by atoms with van der Waals surface area (Å²) in [5.41, 5.74) is 8.43. The second-order valence-electron chi connectivity index (χ2n) is 10.8. The molecule has 209 valence electrons. The molecule has 0 aliphatic heterocycles. The van der Waals surface area contributed by atoms with E-state index in [1.807, 2.05) is 0 Å². The Balaban J connectivity index is 0.000000776. The van der Waals surface area contributed by atoms with Gasteiger partial charge in [-0.3, -0.25) is 0 Å². The molecule has 0 N–H and O–H groups in total. The second kappa shape index (κ2) is 14.9. The van der Waals surface area contributed by atoms with E-state index in [1.165, 1.54) is 60.1 Å². The van der Waals surface area contributed by atoms with Crippen LogP contribution in [-0.4, -0.2) is 9.52 Å². The van der Waals surface area contributed by atoms with Crippen molar-refractivity contribution in [2.45, 2.75) is 39.3 Å². The summed E-state index contributed by atoms with van der Waals surface area (Å²) in [6.07, 6.45) is 3.65. The molecule has 0 saturated carbocycles. The predicted molar refractivity (Wildman–Crippen MR) is 173 cm³/mol. The van der Waals surface area contributed by atoms with Crippen molar-refractivity contribution >= 4 is 47.9 Å². The number of fused-ring (bicyclic) bond motifs is 5. The molecule has 7 rings (SSSR count).